The molecule has 0 unspecified atom stereocenters. The molecule has 0 atom stereocenters. The largest absolute Gasteiger partial charge is 0.326 e. The van der Waals surface area contributed by atoms with Crippen LogP contribution in [0.25, 0.3) is 0 Å². The van der Waals surface area contributed by atoms with Crippen LogP contribution in [0, 0.1) is 5.92 Å². The topological polar surface area (TPSA) is 89.3 Å². The maximum atomic E-state index is 11.7. The molecule has 1 saturated carbocycles. The van der Waals surface area contributed by atoms with Crippen molar-refractivity contribution in [1.82, 2.24) is 0 Å². The van der Waals surface area contributed by atoms with Crippen molar-refractivity contribution in [2.24, 2.45) is 11.1 Å². The van der Waals surface area contributed by atoms with Gasteiger partial charge in [-0.3, -0.25) is 4.79 Å². The number of amides is 1. The van der Waals surface area contributed by atoms with Gasteiger partial charge in [0.05, 0.1) is 5.02 Å². The van der Waals surface area contributed by atoms with E-state index in [2.05, 4.69) is 5.32 Å². The lowest BCUT2D eigenvalue weighted by atomic mass is 9.85. The Bertz CT molecular complexity index is 582. The number of anilines is 1. The van der Waals surface area contributed by atoms with Gasteiger partial charge in [0.15, 0.2) is 0 Å². The fraction of sp³-hybridized carbons (Fsp3) is 0.364. The lowest BCUT2D eigenvalue weighted by Gasteiger charge is -2.24. The van der Waals surface area contributed by atoms with Gasteiger partial charge >= 0.3 is 0 Å². The van der Waals surface area contributed by atoms with E-state index in [1.807, 2.05) is 0 Å². The molecule has 0 spiro atoms. The number of hydrogen-bond donors (Lipinski definition) is 2. The van der Waals surface area contributed by atoms with Gasteiger partial charge < -0.3 is 5.32 Å². The maximum Gasteiger partial charge on any atom is 0.239 e. The lowest BCUT2D eigenvalue weighted by Crippen LogP contribution is -2.28. The van der Waals surface area contributed by atoms with Crippen LogP contribution in [0.4, 0.5) is 5.69 Å². The second kappa shape index (κ2) is 4.87. The summed E-state index contributed by atoms with van der Waals surface area (Å²) in [6.45, 7) is 0. The van der Waals surface area contributed by atoms with Crippen LogP contribution in [0.5, 0.6) is 0 Å². The lowest BCUT2D eigenvalue weighted by molar-refractivity contribution is -0.122. The van der Waals surface area contributed by atoms with Gasteiger partial charge in [0.25, 0.3) is 0 Å². The smallest absolute Gasteiger partial charge is 0.239 e. The number of carbonyl (C=O) groups is 1. The van der Waals surface area contributed by atoms with Crippen molar-refractivity contribution in [3.8, 4) is 0 Å². The van der Waals surface area contributed by atoms with Crippen LogP contribution in [-0.2, 0) is 14.8 Å². The molecule has 18 heavy (non-hydrogen) atoms. The first-order chi connectivity index (χ1) is 8.38. The zero-order valence-electron chi connectivity index (χ0n) is 9.52. The van der Waals surface area contributed by atoms with Gasteiger partial charge in [0.2, 0.25) is 15.9 Å². The van der Waals surface area contributed by atoms with Gasteiger partial charge in [-0.2, -0.15) is 0 Å². The van der Waals surface area contributed by atoms with E-state index in [9.17, 15) is 13.2 Å². The molecular weight excluding hydrogens is 276 g/mol. The van der Waals surface area contributed by atoms with Crippen molar-refractivity contribution in [1.29, 1.82) is 0 Å². The second-order valence-corrected chi connectivity index (χ2v) is 6.24. The Morgan fingerprint density at radius 2 is 2.06 bits per heavy atom. The zero-order chi connectivity index (χ0) is 13.3. The molecule has 3 N–H and O–H groups in total. The minimum Gasteiger partial charge on any atom is -0.326 e. The third kappa shape index (κ3) is 2.82. The summed E-state index contributed by atoms with van der Waals surface area (Å²) >= 11 is 5.75. The van der Waals surface area contributed by atoms with E-state index < -0.39 is 10.0 Å². The highest BCUT2D eigenvalue weighted by Crippen LogP contribution is 2.29. The summed E-state index contributed by atoms with van der Waals surface area (Å²) in [5, 5.41) is 7.74. The van der Waals surface area contributed by atoms with E-state index in [1.54, 1.807) is 6.07 Å². The number of sulfonamides is 1. The van der Waals surface area contributed by atoms with E-state index in [-0.39, 0.29) is 21.7 Å². The Balaban J connectivity index is 2.22. The monoisotopic (exact) mass is 288 g/mol. The molecule has 2 rings (SSSR count). The maximum absolute atomic E-state index is 11.7. The van der Waals surface area contributed by atoms with Crippen molar-refractivity contribution >= 4 is 33.2 Å². The summed E-state index contributed by atoms with van der Waals surface area (Å²) in [5.41, 5.74) is 0.389. The van der Waals surface area contributed by atoms with Gasteiger partial charge in [-0.1, -0.05) is 18.0 Å². The molecule has 1 amide bonds. The first-order valence-corrected chi connectivity index (χ1v) is 7.43. The molecule has 0 radical (unpaired) electrons. The Morgan fingerprint density at radius 3 is 2.56 bits per heavy atom. The van der Waals surface area contributed by atoms with Gasteiger partial charge in [-0.05, 0) is 31.0 Å². The number of hydrogen-bond acceptors (Lipinski definition) is 3. The van der Waals surface area contributed by atoms with Crippen molar-refractivity contribution in [2.45, 2.75) is 24.2 Å². The number of carbonyl (C=O) groups excluding carboxylic acids is 1. The number of halogens is 1. The molecule has 0 heterocycles. The van der Waals surface area contributed by atoms with Crippen LogP contribution >= 0.6 is 11.6 Å². The van der Waals surface area contributed by atoms with Crippen molar-refractivity contribution in [3.63, 3.8) is 0 Å². The Hall–Kier alpha value is -1.11. The highest BCUT2D eigenvalue weighted by Gasteiger charge is 2.25. The molecule has 0 aromatic heterocycles. The van der Waals surface area contributed by atoms with Crippen molar-refractivity contribution in [2.75, 3.05) is 5.32 Å². The van der Waals surface area contributed by atoms with Gasteiger partial charge in [-0.15, -0.1) is 0 Å². The minimum atomic E-state index is -3.89. The van der Waals surface area contributed by atoms with Gasteiger partial charge in [0, 0.05) is 11.6 Å². The molecule has 0 aliphatic heterocycles. The van der Waals surface area contributed by atoms with E-state index >= 15 is 0 Å². The first-order valence-electron chi connectivity index (χ1n) is 5.51. The van der Waals surface area contributed by atoms with Crippen LogP contribution in [0.3, 0.4) is 0 Å². The van der Waals surface area contributed by atoms with E-state index in [0.717, 1.165) is 19.3 Å². The average molecular weight is 289 g/mol. The number of rotatable bonds is 3. The Kier molecular flexibility index (Phi) is 3.61. The SMILES string of the molecule is NS(=O)(=O)c1cc(NC(=O)C2CCC2)ccc1Cl. The predicted octanol–water partition coefficient (Wildman–Crippen LogP) is 1.73. The summed E-state index contributed by atoms with van der Waals surface area (Å²) in [6.07, 6.45) is 2.81. The molecule has 98 valence electrons. The van der Waals surface area contributed by atoms with E-state index in [0.29, 0.717) is 5.69 Å². The average Bonchev–Trinajstić information content (AvgIpc) is 2.16. The highest BCUT2D eigenvalue weighted by molar-refractivity contribution is 7.89. The normalized spacial score (nSPS) is 16.1. The fourth-order valence-electron chi connectivity index (χ4n) is 1.71. The zero-order valence-corrected chi connectivity index (χ0v) is 11.1. The molecule has 1 aromatic carbocycles. The van der Waals surface area contributed by atoms with Crippen LogP contribution in [-0.4, -0.2) is 14.3 Å². The molecule has 1 aliphatic carbocycles. The molecule has 0 saturated heterocycles. The minimum absolute atomic E-state index is 0.0265. The molecule has 5 nitrogen and oxygen atoms in total. The van der Waals surface area contributed by atoms with Crippen LogP contribution in [0.15, 0.2) is 23.1 Å². The molecule has 1 fully saturated rings. The Morgan fingerprint density at radius 1 is 1.39 bits per heavy atom. The van der Waals surface area contributed by atoms with Crippen LogP contribution < -0.4 is 10.5 Å². The van der Waals surface area contributed by atoms with E-state index in [1.165, 1.54) is 12.1 Å². The number of primary sulfonamides is 1. The second-order valence-electron chi connectivity index (χ2n) is 4.31. The fourth-order valence-corrected chi connectivity index (χ4v) is 2.79. The van der Waals surface area contributed by atoms with Crippen LogP contribution in [0.1, 0.15) is 19.3 Å². The Labute approximate surface area is 110 Å². The highest BCUT2D eigenvalue weighted by atomic mass is 35.5. The molecule has 1 aromatic rings. The predicted molar refractivity (Wildman–Crippen MR) is 68.8 cm³/mol. The molecule has 1 aliphatic rings. The summed E-state index contributed by atoms with van der Waals surface area (Å²) < 4.78 is 22.5. The van der Waals surface area contributed by atoms with Crippen molar-refractivity contribution in [3.05, 3.63) is 23.2 Å². The standard InChI is InChI=1S/C11H13ClN2O3S/c12-9-5-4-8(6-10(9)18(13,16)17)14-11(15)7-2-1-3-7/h4-7H,1-3H2,(H,14,15)(H2,13,16,17). The number of benzene rings is 1. The summed E-state index contributed by atoms with van der Waals surface area (Å²) in [4.78, 5) is 11.5. The van der Waals surface area contributed by atoms with Crippen molar-refractivity contribution < 1.29 is 13.2 Å². The quantitative estimate of drug-likeness (QED) is 0.887. The molecular formula is C11H13ClN2O3S. The first kappa shape index (κ1) is 13.3. The summed E-state index contributed by atoms with van der Waals surface area (Å²) in [5.74, 6) is -0.0671. The summed E-state index contributed by atoms with van der Waals surface area (Å²) in [7, 11) is -3.89. The van der Waals surface area contributed by atoms with E-state index in [4.69, 9.17) is 16.7 Å². The number of nitrogens with one attached hydrogen (secondary N) is 1. The third-order valence-corrected chi connectivity index (χ3v) is 4.37. The molecule has 7 heteroatoms. The summed E-state index contributed by atoms with van der Waals surface area (Å²) in [6, 6.07) is 4.22. The molecule has 0 bridgehead atoms. The third-order valence-electron chi connectivity index (χ3n) is 2.98. The van der Waals surface area contributed by atoms with Crippen LogP contribution in [0.2, 0.25) is 5.02 Å². The number of nitrogens with two attached hydrogens (primary N) is 1. The van der Waals surface area contributed by atoms with Gasteiger partial charge in [-0.25, -0.2) is 13.6 Å². The van der Waals surface area contributed by atoms with Gasteiger partial charge in [0.1, 0.15) is 4.90 Å².